The molecule has 0 aliphatic carbocycles. The lowest BCUT2D eigenvalue weighted by atomic mass is 9.91. The van der Waals surface area contributed by atoms with Crippen molar-refractivity contribution in [2.24, 2.45) is 13.0 Å². The van der Waals surface area contributed by atoms with Crippen LogP contribution >= 0.6 is 0 Å². The highest BCUT2D eigenvalue weighted by atomic mass is 16.5. The summed E-state index contributed by atoms with van der Waals surface area (Å²) >= 11 is 0. The summed E-state index contributed by atoms with van der Waals surface area (Å²) in [6, 6.07) is 15.0. The van der Waals surface area contributed by atoms with Crippen LogP contribution in [0.15, 0.2) is 48.7 Å². The molecule has 0 radical (unpaired) electrons. The molecule has 212 valence electrons. The van der Waals surface area contributed by atoms with Gasteiger partial charge < -0.3 is 19.9 Å². The highest BCUT2D eigenvalue weighted by molar-refractivity contribution is 5.96. The van der Waals surface area contributed by atoms with Gasteiger partial charge in [-0.3, -0.25) is 4.79 Å². The number of urea groups is 1. The summed E-state index contributed by atoms with van der Waals surface area (Å²) in [4.78, 5) is 30.2. The molecule has 0 bridgehead atoms. The Balaban J connectivity index is 1.78. The van der Waals surface area contributed by atoms with Crippen LogP contribution in [0.1, 0.15) is 75.3 Å². The molecule has 2 aromatic carbocycles. The average Bonchev–Trinajstić information content (AvgIpc) is 3.30. The van der Waals surface area contributed by atoms with Crippen LogP contribution in [0, 0.1) is 17.2 Å². The number of nitrogens with zero attached hydrogens (tertiary/aromatic N) is 3. The maximum absolute atomic E-state index is 13.3. The van der Waals surface area contributed by atoms with Gasteiger partial charge in [-0.2, -0.15) is 5.26 Å². The number of benzene rings is 2. The minimum Gasteiger partial charge on any atom is -0.490 e. The first kappa shape index (κ1) is 30.4. The highest BCUT2D eigenvalue weighted by Crippen LogP contribution is 2.27. The third kappa shape index (κ3) is 8.19. The SMILES string of the molecule is CCNC(=O)NC[C@@H](CC(=O)c1ccc(OC(C)C)c(C#N)c1)Cc1ccc(-c2cn(C)c(C(C)(C)C)n2)cc1. The quantitative estimate of drug-likeness (QED) is 0.297. The van der Waals surface area contributed by atoms with E-state index in [1.165, 1.54) is 0 Å². The van der Waals surface area contributed by atoms with E-state index in [1.807, 2.05) is 46.1 Å². The predicted octanol–water partition coefficient (Wildman–Crippen LogP) is 5.79. The zero-order valence-corrected chi connectivity index (χ0v) is 24.7. The van der Waals surface area contributed by atoms with Crippen molar-refractivity contribution in [3.05, 3.63) is 71.2 Å². The van der Waals surface area contributed by atoms with Gasteiger partial charge in [-0.15, -0.1) is 0 Å². The van der Waals surface area contributed by atoms with Gasteiger partial charge in [-0.1, -0.05) is 45.0 Å². The van der Waals surface area contributed by atoms with Gasteiger partial charge in [0.15, 0.2) is 5.78 Å². The fourth-order valence-corrected chi connectivity index (χ4v) is 4.65. The first-order valence-electron chi connectivity index (χ1n) is 13.8. The van der Waals surface area contributed by atoms with Crippen molar-refractivity contribution in [3.63, 3.8) is 0 Å². The third-order valence-electron chi connectivity index (χ3n) is 6.47. The average molecular weight is 544 g/mol. The first-order chi connectivity index (χ1) is 18.9. The summed E-state index contributed by atoms with van der Waals surface area (Å²) in [5, 5.41) is 15.2. The van der Waals surface area contributed by atoms with Crippen molar-refractivity contribution in [1.82, 2.24) is 20.2 Å². The fraction of sp³-hybridized carbons (Fsp3) is 0.438. The topological polar surface area (TPSA) is 109 Å². The van der Waals surface area contributed by atoms with E-state index in [2.05, 4.69) is 54.2 Å². The maximum Gasteiger partial charge on any atom is 0.314 e. The number of aromatic nitrogens is 2. The number of ether oxygens (including phenoxy) is 1. The molecule has 0 aliphatic heterocycles. The largest absolute Gasteiger partial charge is 0.490 e. The number of nitriles is 1. The van der Waals surface area contributed by atoms with E-state index in [4.69, 9.17) is 9.72 Å². The Bertz CT molecular complexity index is 1360. The van der Waals surface area contributed by atoms with Crippen molar-refractivity contribution in [2.45, 2.75) is 65.9 Å². The molecule has 8 heteroatoms. The molecule has 0 fully saturated rings. The summed E-state index contributed by atoms with van der Waals surface area (Å²) in [5.41, 5.74) is 3.73. The second kappa shape index (κ2) is 13.3. The van der Waals surface area contributed by atoms with Gasteiger partial charge >= 0.3 is 6.03 Å². The highest BCUT2D eigenvalue weighted by Gasteiger charge is 2.21. The van der Waals surface area contributed by atoms with Gasteiger partial charge in [0.05, 0.1) is 17.4 Å². The predicted molar refractivity (Wildman–Crippen MR) is 157 cm³/mol. The van der Waals surface area contributed by atoms with E-state index in [9.17, 15) is 14.9 Å². The van der Waals surface area contributed by atoms with Gasteiger partial charge in [-0.25, -0.2) is 9.78 Å². The number of ketones is 1. The van der Waals surface area contributed by atoms with Crippen LogP contribution in [0.5, 0.6) is 5.75 Å². The maximum atomic E-state index is 13.3. The van der Waals surface area contributed by atoms with E-state index in [0.29, 0.717) is 36.4 Å². The van der Waals surface area contributed by atoms with Crippen LogP contribution < -0.4 is 15.4 Å². The van der Waals surface area contributed by atoms with E-state index in [-0.39, 0.29) is 35.7 Å². The van der Waals surface area contributed by atoms with Crippen molar-refractivity contribution in [1.29, 1.82) is 5.26 Å². The molecule has 1 heterocycles. The van der Waals surface area contributed by atoms with Crippen LogP contribution in [0.4, 0.5) is 4.79 Å². The van der Waals surface area contributed by atoms with E-state index in [1.54, 1.807) is 18.2 Å². The van der Waals surface area contributed by atoms with Gasteiger partial charge in [0.25, 0.3) is 0 Å². The lowest BCUT2D eigenvalue weighted by Gasteiger charge is -2.18. The second-order valence-electron chi connectivity index (χ2n) is 11.4. The number of aryl methyl sites for hydroxylation is 1. The Morgan fingerprint density at radius 2 is 1.80 bits per heavy atom. The third-order valence-corrected chi connectivity index (χ3v) is 6.47. The van der Waals surface area contributed by atoms with Crippen molar-refractivity contribution in [2.75, 3.05) is 13.1 Å². The number of hydrogen-bond donors (Lipinski definition) is 2. The molecular formula is C32H41N5O3. The smallest absolute Gasteiger partial charge is 0.314 e. The monoisotopic (exact) mass is 543 g/mol. The van der Waals surface area contributed by atoms with Crippen molar-refractivity contribution >= 4 is 11.8 Å². The molecular weight excluding hydrogens is 502 g/mol. The molecule has 0 spiro atoms. The molecule has 8 nitrogen and oxygen atoms in total. The number of imidazole rings is 1. The second-order valence-corrected chi connectivity index (χ2v) is 11.4. The molecule has 0 aliphatic rings. The lowest BCUT2D eigenvalue weighted by molar-refractivity contribution is 0.0960. The van der Waals surface area contributed by atoms with Crippen molar-refractivity contribution < 1.29 is 14.3 Å². The Hall–Kier alpha value is -4.12. The fourth-order valence-electron chi connectivity index (χ4n) is 4.65. The van der Waals surface area contributed by atoms with E-state index in [0.717, 1.165) is 22.6 Å². The Morgan fingerprint density at radius 1 is 1.10 bits per heavy atom. The van der Waals surface area contributed by atoms with Gasteiger partial charge in [-0.05, 0) is 56.9 Å². The zero-order valence-electron chi connectivity index (χ0n) is 24.7. The van der Waals surface area contributed by atoms with Crippen LogP contribution in [-0.4, -0.2) is 40.6 Å². The molecule has 3 rings (SSSR count). The molecule has 3 aromatic rings. The van der Waals surface area contributed by atoms with Crippen LogP contribution in [0.2, 0.25) is 0 Å². The Labute approximate surface area is 237 Å². The molecule has 0 saturated carbocycles. The molecule has 0 unspecified atom stereocenters. The summed E-state index contributed by atoms with van der Waals surface area (Å²) in [6.07, 6.45) is 2.79. The number of rotatable bonds is 11. The summed E-state index contributed by atoms with van der Waals surface area (Å²) < 4.78 is 7.76. The zero-order chi connectivity index (χ0) is 29.4. The molecule has 40 heavy (non-hydrogen) atoms. The number of nitrogens with one attached hydrogen (secondary N) is 2. The van der Waals surface area contributed by atoms with E-state index >= 15 is 0 Å². The summed E-state index contributed by atoms with van der Waals surface area (Å²) in [5.74, 6) is 1.26. The molecule has 1 atom stereocenters. The number of amides is 2. The number of carbonyl (C=O) groups is 2. The normalized spacial score (nSPS) is 12.1. The van der Waals surface area contributed by atoms with Gasteiger partial charge in [0.1, 0.15) is 17.6 Å². The van der Waals surface area contributed by atoms with Gasteiger partial charge in [0, 0.05) is 49.3 Å². The van der Waals surface area contributed by atoms with Crippen LogP contribution in [-0.2, 0) is 18.9 Å². The van der Waals surface area contributed by atoms with Crippen LogP contribution in [0.3, 0.4) is 0 Å². The standard InChI is InChI=1S/C32H41N5O3/c1-8-34-31(39)35-19-23(16-28(38)25-13-14-29(40-21(2)3)26(17-25)18-33)15-22-9-11-24(12-10-22)27-20-37(7)30(36-27)32(4,5)6/h9-14,17,20-21,23H,8,15-16,19H2,1-7H3,(H2,34,35,39)/t23-/m1/s1. The Kier molecular flexibility index (Phi) is 10.1. The minimum absolute atomic E-state index is 0.0560. The lowest BCUT2D eigenvalue weighted by Crippen LogP contribution is -2.39. The number of hydrogen-bond acceptors (Lipinski definition) is 5. The van der Waals surface area contributed by atoms with Crippen LogP contribution in [0.25, 0.3) is 11.3 Å². The number of carbonyl (C=O) groups excluding carboxylic acids is 2. The first-order valence-corrected chi connectivity index (χ1v) is 13.8. The summed E-state index contributed by atoms with van der Waals surface area (Å²) in [7, 11) is 2.01. The summed E-state index contributed by atoms with van der Waals surface area (Å²) in [6.45, 7) is 12.9. The molecule has 0 saturated heterocycles. The van der Waals surface area contributed by atoms with Gasteiger partial charge in [0.2, 0.25) is 0 Å². The Morgan fingerprint density at radius 3 is 2.38 bits per heavy atom. The molecule has 1 aromatic heterocycles. The number of Topliss-reactive ketones (excluding diaryl/α,β-unsaturated/α-hetero) is 1. The molecule has 2 N–H and O–H groups in total. The van der Waals surface area contributed by atoms with Crippen molar-refractivity contribution in [3.8, 4) is 23.1 Å². The molecule has 2 amide bonds. The van der Waals surface area contributed by atoms with E-state index < -0.39 is 0 Å². The minimum atomic E-state index is -0.262.